The van der Waals surface area contributed by atoms with E-state index in [9.17, 15) is 4.79 Å². The van der Waals surface area contributed by atoms with Crippen LogP contribution >= 0.6 is 24.8 Å². The molecule has 0 saturated heterocycles. The molecule has 1 aromatic rings. The first kappa shape index (κ1) is 19.2. The summed E-state index contributed by atoms with van der Waals surface area (Å²) in [6.07, 6.45) is 7.34. The highest BCUT2D eigenvalue weighted by Crippen LogP contribution is 2.26. The fourth-order valence-electron chi connectivity index (χ4n) is 2.57. The van der Waals surface area contributed by atoms with E-state index < -0.39 is 0 Å². The second-order valence-electron chi connectivity index (χ2n) is 5.13. The maximum absolute atomic E-state index is 11.9. The molecule has 3 atom stereocenters. The van der Waals surface area contributed by atoms with Gasteiger partial charge in [-0.3, -0.25) is 9.78 Å². The van der Waals surface area contributed by atoms with Gasteiger partial charge in [-0.05, 0) is 37.3 Å². The number of carbonyl (C=O) groups excluding carboxylic acids is 1. The number of rotatable bonds is 4. The minimum Gasteiger partial charge on any atom is -0.350 e. The van der Waals surface area contributed by atoms with Crippen LogP contribution in [0.15, 0.2) is 24.5 Å². The van der Waals surface area contributed by atoms with Gasteiger partial charge in [0, 0.05) is 24.9 Å². The van der Waals surface area contributed by atoms with E-state index >= 15 is 0 Å². The van der Waals surface area contributed by atoms with E-state index in [2.05, 4.69) is 10.3 Å². The molecule has 1 aliphatic carbocycles. The van der Waals surface area contributed by atoms with Gasteiger partial charge in [0.2, 0.25) is 5.91 Å². The van der Waals surface area contributed by atoms with Gasteiger partial charge < -0.3 is 11.1 Å². The first-order valence-electron chi connectivity index (χ1n) is 6.61. The Labute approximate surface area is 132 Å². The number of amides is 1. The summed E-state index contributed by atoms with van der Waals surface area (Å²) in [6, 6.07) is 4.05. The Morgan fingerprint density at radius 1 is 1.50 bits per heavy atom. The molecule has 0 aromatic carbocycles. The Balaban J connectivity index is 0.00000180. The second-order valence-corrected chi connectivity index (χ2v) is 5.13. The molecule has 1 fully saturated rings. The number of halogens is 2. The van der Waals surface area contributed by atoms with Gasteiger partial charge >= 0.3 is 0 Å². The van der Waals surface area contributed by atoms with Gasteiger partial charge in [-0.25, -0.2) is 0 Å². The third kappa shape index (κ3) is 5.27. The summed E-state index contributed by atoms with van der Waals surface area (Å²) in [5.74, 6) is 0.444. The number of nitrogens with one attached hydrogen (secondary N) is 1. The molecular weight excluding hydrogens is 297 g/mol. The van der Waals surface area contributed by atoms with Crippen molar-refractivity contribution in [2.45, 2.75) is 44.7 Å². The zero-order valence-electron chi connectivity index (χ0n) is 11.6. The smallest absolute Gasteiger partial charge is 0.220 e. The van der Waals surface area contributed by atoms with Gasteiger partial charge in [-0.15, -0.1) is 24.8 Å². The Hall–Kier alpha value is -0.840. The van der Waals surface area contributed by atoms with Crippen LogP contribution in [0.4, 0.5) is 0 Å². The summed E-state index contributed by atoms with van der Waals surface area (Å²) >= 11 is 0. The Morgan fingerprint density at radius 2 is 2.25 bits per heavy atom. The summed E-state index contributed by atoms with van der Waals surface area (Å²) < 4.78 is 0. The normalized spacial score (nSPS) is 22.3. The van der Waals surface area contributed by atoms with E-state index in [1.807, 2.05) is 19.1 Å². The van der Waals surface area contributed by atoms with Crippen LogP contribution < -0.4 is 11.1 Å². The number of aromatic nitrogens is 1. The van der Waals surface area contributed by atoms with E-state index in [0.29, 0.717) is 12.3 Å². The van der Waals surface area contributed by atoms with Crippen molar-refractivity contribution in [3.05, 3.63) is 30.1 Å². The molecule has 3 N–H and O–H groups in total. The van der Waals surface area contributed by atoms with Crippen molar-refractivity contribution in [1.29, 1.82) is 0 Å². The van der Waals surface area contributed by atoms with E-state index in [-0.39, 0.29) is 42.8 Å². The Morgan fingerprint density at radius 3 is 2.80 bits per heavy atom. The van der Waals surface area contributed by atoms with Crippen molar-refractivity contribution >= 4 is 30.7 Å². The molecule has 2 rings (SSSR count). The van der Waals surface area contributed by atoms with Crippen LogP contribution in [-0.4, -0.2) is 16.9 Å². The highest BCUT2D eigenvalue weighted by Gasteiger charge is 2.26. The van der Waals surface area contributed by atoms with Crippen LogP contribution in [0.3, 0.4) is 0 Å². The standard InChI is InChI=1S/C14H21N3O.2ClH/c1-10(12-5-3-7-16-9-12)17-14(18)8-11-4-2-6-13(11)15;;/h3,5,7,9-11,13H,2,4,6,8,15H2,1H3,(H,17,18);2*1H/t10-,11-,13+;;/m0../s1. The van der Waals surface area contributed by atoms with Crippen LogP contribution in [0, 0.1) is 5.92 Å². The molecule has 114 valence electrons. The van der Waals surface area contributed by atoms with E-state index in [1.54, 1.807) is 12.4 Å². The number of nitrogens with two attached hydrogens (primary N) is 1. The molecular formula is C14H23Cl2N3O. The van der Waals surface area contributed by atoms with Gasteiger partial charge in [-0.1, -0.05) is 12.5 Å². The predicted molar refractivity (Wildman–Crippen MR) is 85.2 cm³/mol. The number of pyridine rings is 1. The van der Waals surface area contributed by atoms with Gasteiger partial charge in [0.25, 0.3) is 0 Å². The third-order valence-electron chi connectivity index (χ3n) is 3.73. The molecule has 1 aromatic heterocycles. The van der Waals surface area contributed by atoms with Crippen molar-refractivity contribution in [3.63, 3.8) is 0 Å². The largest absolute Gasteiger partial charge is 0.350 e. The molecule has 0 aliphatic heterocycles. The molecule has 1 amide bonds. The topological polar surface area (TPSA) is 68.0 Å². The Kier molecular flexibility index (Phi) is 8.78. The minimum absolute atomic E-state index is 0. The molecule has 1 aliphatic rings. The van der Waals surface area contributed by atoms with E-state index in [1.165, 1.54) is 0 Å². The summed E-state index contributed by atoms with van der Waals surface area (Å²) in [5.41, 5.74) is 7.01. The van der Waals surface area contributed by atoms with Crippen molar-refractivity contribution in [1.82, 2.24) is 10.3 Å². The number of hydrogen-bond acceptors (Lipinski definition) is 3. The van der Waals surface area contributed by atoms with Gasteiger partial charge in [0.1, 0.15) is 0 Å². The summed E-state index contributed by atoms with van der Waals surface area (Å²) in [4.78, 5) is 16.0. The highest BCUT2D eigenvalue weighted by molar-refractivity contribution is 5.85. The molecule has 0 unspecified atom stereocenters. The summed E-state index contributed by atoms with van der Waals surface area (Å²) in [5, 5.41) is 3.01. The van der Waals surface area contributed by atoms with Gasteiger partial charge in [0.05, 0.1) is 6.04 Å². The van der Waals surface area contributed by atoms with Crippen molar-refractivity contribution in [2.24, 2.45) is 11.7 Å². The van der Waals surface area contributed by atoms with Crippen LogP contribution in [0.2, 0.25) is 0 Å². The average molecular weight is 320 g/mol. The third-order valence-corrected chi connectivity index (χ3v) is 3.73. The van der Waals surface area contributed by atoms with E-state index in [4.69, 9.17) is 5.73 Å². The molecule has 0 spiro atoms. The van der Waals surface area contributed by atoms with Gasteiger partial charge in [-0.2, -0.15) is 0 Å². The lowest BCUT2D eigenvalue weighted by Crippen LogP contribution is -2.32. The Bertz CT molecular complexity index is 403. The molecule has 0 bridgehead atoms. The summed E-state index contributed by atoms with van der Waals surface area (Å²) in [6.45, 7) is 1.98. The van der Waals surface area contributed by atoms with Crippen molar-refractivity contribution < 1.29 is 4.79 Å². The van der Waals surface area contributed by atoms with Crippen LogP contribution in [0.1, 0.15) is 44.2 Å². The molecule has 20 heavy (non-hydrogen) atoms. The van der Waals surface area contributed by atoms with Crippen molar-refractivity contribution in [2.75, 3.05) is 0 Å². The maximum atomic E-state index is 11.9. The van der Waals surface area contributed by atoms with Gasteiger partial charge in [0.15, 0.2) is 0 Å². The van der Waals surface area contributed by atoms with Crippen molar-refractivity contribution in [3.8, 4) is 0 Å². The molecule has 4 nitrogen and oxygen atoms in total. The lowest BCUT2D eigenvalue weighted by atomic mass is 9.99. The lowest BCUT2D eigenvalue weighted by Gasteiger charge is -2.18. The SMILES string of the molecule is C[C@H](NC(=O)C[C@@H]1CCC[C@H]1N)c1cccnc1.Cl.Cl. The van der Waals surface area contributed by atoms with Crippen LogP contribution in [0.5, 0.6) is 0 Å². The monoisotopic (exact) mass is 319 g/mol. The first-order chi connectivity index (χ1) is 8.66. The van der Waals surface area contributed by atoms with E-state index in [0.717, 1.165) is 24.8 Å². The molecule has 1 heterocycles. The molecule has 0 radical (unpaired) electrons. The molecule has 6 heteroatoms. The quantitative estimate of drug-likeness (QED) is 0.896. The zero-order chi connectivity index (χ0) is 13.0. The fourth-order valence-corrected chi connectivity index (χ4v) is 2.57. The minimum atomic E-state index is 0. The molecule has 1 saturated carbocycles. The van der Waals surface area contributed by atoms with Crippen LogP contribution in [-0.2, 0) is 4.79 Å². The lowest BCUT2D eigenvalue weighted by molar-refractivity contribution is -0.122. The maximum Gasteiger partial charge on any atom is 0.220 e. The highest BCUT2D eigenvalue weighted by atomic mass is 35.5. The number of carbonyl (C=O) groups is 1. The number of nitrogens with zero attached hydrogens (tertiary/aromatic N) is 1. The zero-order valence-corrected chi connectivity index (χ0v) is 13.3. The predicted octanol–water partition coefficient (Wildman–Crippen LogP) is 2.62. The average Bonchev–Trinajstić information content (AvgIpc) is 2.76. The first-order valence-corrected chi connectivity index (χ1v) is 6.61. The fraction of sp³-hybridized carbons (Fsp3) is 0.571. The number of hydrogen-bond donors (Lipinski definition) is 2. The second kappa shape index (κ2) is 9.16. The summed E-state index contributed by atoms with van der Waals surface area (Å²) in [7, 11) is 0. The van der Waals surface area contributed by atoms with Crippen LogP contribution in [0.25, 0.3) is 0 Å².